The van der Waals surface area contributed by atoms with Gasteiger partial charge in [0.05, 0.1) is 30.8 Å². The summed E-state index contributed by atoms with van der Waals surface area (Å²) in [5, 5.41) is 0.470. The number of hydrogen-bond donors (Lipinski definition) is 0. The molecule has 1 unspecified atom stereocenters. The van der Waals surface area contributed by atoms with Gasteiger partial charge in [0.2, 0.25) is 0 Å². The third kappa shape index (κ3) is 4.33. The van der Waals surface area contributed by atoms with E-state index in [9.17, 15) is 8.42 Å². The summed E-state index contributed by atoms with van der Waals surface area (Å²) < 4.78 is 39.3. The predicted octanol–water partition coefficient (Wildman–Crippen LogP) is 5.31. The highest BCUT2D eigenvalue weighted by molar-refractivity contribution is 7.92. The molecule has 0 spiro atoms. The van der Waals surface area contributed by atoms with Crippen LogP contribution in [0, 0.1) is 0 Å². The van der Waals surface area contributed by atoms with Crippen LogP contribution in [-0.2, 0) is 10.0 Å². The summed E-state index contributed by atoms with van der Waals surface area (Å²) in [6.07, 6.45) is 0. The number of sulfonamides is 1. The molecule has 29 heavy (non-hydrogen) atoms. The Balaban J connectivity index is 2.18. The first-order valence-electron chi connectivity index (χ1n) is 8.95. The quantitative estimate of drug-likeness (QED) is 0.508. The Hall–Kier alpha value is -2.70. The first kappa shape index (κ1) is 21.0. The van der Waals surface area contributed by atoms with Crippen molar-refractivity contribution in [1.29, 1.82) is 0 Å². The summed E-state index contributed by atoms with van der Waals surface area (Å²) >= 11 is 5.95. The Morgan fingerprint density at radius 1 is 0.862 bits per heavy atom. The average Bonchev–Trinajstić information content (AvgIpc) is 2.74. The SMILES string of the molecule is COc1ccc(N(C(C)c2ccccc2)S(=O)(=O)c2ccc(Cl)cc2)cc1OC. The van der Waals surface area contributed by atoms with Crippen LogP contribution in [0.25, 0.3) is 0 Å². The van der Waals surface area contributed by atoms with Gasteiger partial charge >= 0.3 is 0 Å². The van der Waals surface area contributed by atoms with Crippen LogP contribution in [0.4, 0.5) is 5.69 Å². The van der Waals surface area contributed by atoms with Gasteiger partial charge in [-0.15, -0.1) is 0 Å². The maximum atomic E-state index is 13.6. The molecule has 0 aliphatic heterocycles. The fraction of sp³-hybridized carbons (Fsp3) is 0.182. The number of ether oxygens (including phenoxy) is 2. The van der Waals surface area contributed by atoms with Crippen LogP contribution >= 0.6 is 11.6 Å². The molecule has 7 heteroatoms. The minimum atomic E-state index is -3.88. The lowest BCUT2D eigenvalue weighted by molar-refractivity contribution is 0.355. The molecule has 0 saturated heterocycles. The number of methoxy groups -OCH3 is 2. The molecule has 0 radical (unpaired) electrons. The first-order valence-corrected chi connectivity index (χ1v) is 10.8. The number of anilines is 1. The Morgan fingerprint density at radius 3 is 2.07 bits per heavy atom. The van der Waals surface area contributed by atoms with Crippen molar-refractivity contribution in [3.05, 3.63) is 83.4 Å². The van der Waals surface area contributed by atoms with E-state index in [4.69, 9.17) is 21.1 Å². The lowest BCUT2D eigenvalue weighted by atomic mass is 10.1. The summed E-state index contributed by atoms with van der Waals surface area (Å²) in [6.45, 7) is 1.85. The highest BCUT2D eigenvalue weighted by Gasteiger charge is 2.31. The zero-order valence-electron chi connectivity index (χ0n) is 16.4. The highest BCUT2D eigenvalue weighted by Crippen LogP contribution is 2.38. The third-order valence-corrected chi connectivity index (χ3v) is 6.79. The first-order chi connectivity index (χ1) is 13.9. The number of halogens is 1. The van der Waals surface area contributed by atoms with Crippen LogP contribution in [0.5, 0.6) is 11.5 Å². The second-order valence-corrected chi connectivity index (χ2v) is 8.63. The van der Waals surface area contributed by atoms with Crippen LogP contribution < -0.4 is 13.8 Å². The van der Waals surface area contributed by atoms with Gasteiger partial charge in [-0.1, -0.05) is 41.9 Å². The molecule has 1 atom stereocenters. The zero-order valence-corrected chi connectivity index (χ0v) is 17.9. The largest absolute Gasteiger partial charge is 0.493 e. The average molecular weight is 432 g/mol. The van der Waals surface area contributed by atoms with Crippen molar-refractivity contribution in [2.24, 2.45) is 0 Å². The Morgan fingerprint density at radius 2 is 1.48 bits per heavy atom. The maximum Gasteiger partial charge on any atom is 0.264 e. The van der Waals surface area contributed by atoms with E-state index in [-0.39, 0.29) is 4.90 Å². The van der Waals surface area contributed by atoms with Crippen molar-refractivity contribution in [3.63, 3.8) is 0 Å². The summed E-state index contributed by atoms with van der Waals surface area (Å²) in [7, 11) is -0.836. The monoisotopic (exact) mass is 431 g/mol. The number of hydrogen-bond acceptors (Lipinski definition) is 4. The van der Waals surface area contributed by atoms with E-state index in [1.54, 1.807) is 30.3 Å². The van der Waals surface area contributed by atoms with Gasteiger partial charge in [0, 0.05) is 11.1 Å². The van der Waals surface area contributed by atoms with Gasteiger partial charge in [0.15, 0.2) is 11.5 Å². The number of rotatable bonds is 7. The van der Waals surface area contributed by atoms with Crippen LogP contribution in [0.1, 0.15) is 18.5 Å². The van der Waals surface area contributed by atoms with Gasteiger partial charge in [0.25, 0.3) is 10.0 Å². The van der Waals surface area contributed by atoms with Crippen molar-refractivity contribution in [1.82, 2.24) is 0 Å². The molecule has 0 amide bonds. The van der Waals surface area contributed by atoms with Crippen LogP contribution in [0.3, 0.4) is 0 Å². The van der Waals surface area contributed by atoms with Crippen molar-refractivity contribution in [3.8, 4) is 11.5 Å². The van der Waals surface area contributed by atoms with E-state index >= 15 is 0 Å². The molecule has 3 aromatic rings. The van der Waals surface area contributed by atoms with Gasteiger partial charge in [-0.05, 0) is 48.9 Å². The van der Waals surface area contributed by atoms with Crippen LogP contribution in [0.2, 0.25) is 5.02 Å². The second-order valence-electron chi connectivity index (χ2n) is 6.38. The lowest BCUT2D eigenvalue weighted by Gasteiger charge is -2.31. The second kappa shape index (κ2) is 8.76. The summed E-state index contributed by atoms with van der Waals surface area (Å²) in [5.41, 5.74) is 1.33. The number of nitrogens with zero attached hydrogens (tertiary/aromatic N) is 1. The third-order valence-electron chi connectivity index (χ3n) is 4.63. The molecule has 0 fully saturated rings. The van der Waals surface area contributed by atoms with E-state index in [0.717, 1.165) is 5.56 Å². The van der Waals surface area contributed by atoms with Crippen molar-refractivity contribution >= 4 is 27.3 Å². The number of benzene rings is 3. The molecule has 3 aromatic carbocycles. The summed E-state index contributed by atoms with van der Waals surface area (Å²) in [5.74, 6) is 0.967. The fourth-order valence-electron chi connectivity index (χ4n) is 3.12. The van der Waals surface area contributed by atoms with E-state index in [0.29, 0.717) is 22.2 Å². The van der Waals surface area contributed by atoms with Gasteiger partial charge in [0.1, 0.15) is 0 Å². The topological polar surface area (TPSA) is 55.8 Å². The van der Waals surface area contributed by atoms with Crippen molar-refractivity contribution in [2.45, 2.75) is 17.9 Å². The maximum absolute atomic E-state index is 13.6. The molecule has 0 heterocycles. The van der Waals surface area contributed by atoms with E-state index in [1.807, 2.05) is 37.3 Å². The van der Waals surface area contributed by atoms with Crippen molar-refractivity contribution < 1.29 is 17.9 Å². The molecule has 0 N–H and O–H groups in total. The molecule has 0 saturated carbocycles. The van der Waals surface area contributed by atoms with E-state index in [2.05, 4.69) is 0 Å². The molecule has 0 aliphatic carbocycles. The standard InChI is InChI=1S/C22H22ClNO4S/c1-16(17-7-5-4-6-8-17)24(19-11-14-21(27-2)22(15-19)28-3)29(25,26)20-12-9-18(23)10-13-20/h4-16H,1-3H3. The van der Waals surface area contributed by atoms with E-state index < -0.39 is 16.1 Å². The molecule has 5 nitrogen and oxygen atoms in total. The van der Waals surface area contributed by atoms with Gasteiger partial charge < -0.3 is 9.47 Å². The van der Waals surface area contributed by atoms with Gasteiger partial charge in [-0.3, -0.25) is 4.31 Å². The Kier molecular flexibility index (Phi) is 6.35. The fourth-order valence-corrected chi connectivity index (χ4v) is 4.88. The lowest BCUT2D eigenvalue weighted by Crippen LogP contribution is -2.33. The molecular weight excluding hydrogens is 410 g/mol. The molecule has 152 valence electrons. The normalized spacial score (nSPS) is 12.3. The molecule has 3 rings (SSSR count). The molecule has 0 bridgehead atoms. The Bertz CT molecular complexity index is 1070. The summed E-state index contributed by atoms with van der Waals surface area (Å²) in [4.78, 5) is 0.152. The van der Waals surface area contributed by atoms with Gasteiger partial charge in [-0.25, -0.2) is 8.42 Å². The highest BCUT2D eigenvalue weighted by atomic mass is 35.5. The summed E-state index contributed by atoms with van der Waals surface area (Å²) in [6, 6.07) is 20.2. The minimum absolute atomic E-state index is 0.152. The smallest absolute Gasteiger partial charge is 0.264 e. The molecule has 0 aromatic heterocycles. The molecular formula is C22H22ClNO4S. The van der Waals surface area contributed by atoms with Crippen LogP contribution in [0.15, 0.2) is 77.7 Å². The van der Waals surface area contributed by atoms with E-state index in [1.165, 1.54) is 30.7 Å². The molecule has 0 aliphatic rings. The minimum Gasteiger partial charge on any atom is -0.493 e. The predicted molar refractivity (Wildman–Crippen MR) is 116 cm³/mol. The Labute approximate surface area is 176 Å². The van der Waals surface area contributed by atoms with Crippen molar-refractivity contribution in [2.75, 3.05) is 18.5 Å². The van der Waals surface area contributed by atoms with Gasteiger partial charge in [-0.2, -0.15) is 0 Å². The zero-order chi connectivity index (χ0) is 21.0. The van der Waals surface area contributed by atoms with Crippen LogP contribution in [-0.4, -0.2) is 22.6 Å².